The Bertz CT molecular complexity index is 207. The summed E-state index contributed by atoms with van der Waals surface area (Å²) in [4.78, 5) is 2.65. The minimum absolute atomic E-state index is 0.406. The van der Waals surface area contributed by atoms with E-state index in [1.54, 1.807) is 0 Å². The molecule has 0 radical (unpaired) electrons. The van der Waals surface area contributed by atoms with Gasteiger partial charge in [0.15, 0.2) is 0 Å². The quantitative estimate of drug-likeness (QED) is 0.818. The zero-order chi connectivity index (χ0) is 12.9. The third kappa shape index (κ3) is 6.42. The maximum Gasteiger partial charge on any atom is 0.00219 e. The molecule has 1 rings (SSSR count). The van der Waals surface area contributed by atoms with Crippen LogP contribution in [0.4, 0.5) is 0 Å². The molecule has 2 N–H and O–H groups in total. The Morgan fingerprint density at radius 2 is 1.94 bits per heavy atom. The fraction of sp³-hybridized carbons (Fsp3) is 1.00. The van der Waals surface area contributed by atoms with Crippen LogP contribution in [0.25, 0.3) is 0 Å². The van der Waals surface area contributed by atoms with Gasteiger partial charge >= 0.3 is 0 Å². The van der Waals surface area contributed by atoms with E-state index < -0.39 is 0 Å². The van der Waals surface area contributed by atoms with Crippen molar-refractivity contribution < 1.29 is 0 Å². The summed E-state index contributed by atoms with van der Waals surface area (Å²) in [5, 5.41) is 0. The van der Waals surface area contributed by atoms with E-state index in [1.807, 2.05) is 0 Å². The van der Waals surface area contributed by atoms with Crippen molar-refractivity contribution in [2.75, 3.05) is 26.2 Å². The maximum absolute atomic E-state index is 5.94. The first-order valence-corrected chi connectivity index (χ1v) is 7.33. The summed E-state index contributed by atoms with van der Waals surface area (Å²) in [5.41, 5.74) is 6.34. The molecule has 1 heterocycles. The van der Waals surface area contributed by atoms with Crippen LogP contribution in [-0.4, -0.2) is 31.1 Å². The van der Waals surface area contributed by atoms with Crippen molar-refractivity contribution in [3.8, 4) is 0 Å². The molecule has 1 aliphatic rings. The SMILES string of the molecule is CC1CCCN(CC(CN)CC(C)(C)C)CC1. The zero-order valence-corrected chi connectivity index (χ0v) is 12.3. The first-order chi connectivity index (χ1) is 7.90. The van der Waals surface area contributed by atoms with Gasteiger partial charge < -0.3 is 10.6 Å². The fourth-order valence-electron chi connectivity index (χ4n) is 2.96. The molecule has 0 amide bonds. The van der Waals surface area contributed by atoms with Gasteiger partial charge in [-0.2, -0.15) is 0 Å². The molecule has 0 spiro atoms. The Balaban J connectivity index is 2.39. The average Bonchev–Trinajstić information content (AvgIpc) is 2.41. The van der Waals surface area contributed by atoms with Crippen molar-refractivity contribution in [3.05, 3.63) is 0 Å². The topological polar surface area (TPSA) is 29.3 Å². The summed E-state index contributed by atoms with van der Waals surface area (Å²) in [6.07, 6.45) is 5.39. The lowest BCUT2D eigenvalue weighted by Gasteiger charge is -2.30. The largest absolute Gasteiger partial charge is 0.330 e. The van der Waals surface area contributed by atoms with E-state index >= 15 is 0 Å². The second-order valence-electron chi connectivity index (χ2n) is 7.20. The molecule has 102 valence electrons. The summed E-state index contributed by atoms with van der Waals surface area (Å²) in [5.74, 6) is 1.59. The van der Waals surface area contributed by atoms with E-state index in [9.17, 15) is 0 Å². The molecule has 0 aromatic carbocycles. The van der Waals surface area contributed by atoms with Crippen molar-refractivity contribution in [1.29, 1.82) is 0 Å². The molecule has 2 nitrogen and oxygen atoms in total. The van der Waals surface area contributed by atoms with Crippen molar-refractivity contribution in [2.24, 2.45) is 23.0 Å². The lowest BCUT2D eigenvalue weighted by atomic mass is 9.84. The lowest BCUT2D eigenvalue weighted by molar-refractivity contribution is 0.197. The van der Waals surface area contributed by atoms with Crippen LogP contribution in [0.2, 0.25) is 0 Å². The molecule has 1 fully saturated rings. The number of likely N-dealkylation sites (tertiary alicyclic amines) is 1. The molecule has 0 aliphatic carbocycles. The second kappa shape index (κ2) is 6.75. The van der Waals surface area contributed by atoms with E-state index in [4.69, 9.17) is 5.73 Å². The smallest absolute Gasteiger partial charge is 0.00219 e. The Hall–Kier alpha value is -0.0800. The average molecular weight is 240 g/mol. The summed E-state index contributed by atoms with van der Waals surface area (Å²) < 4.78 is 0. The van der Waals surface area contributed by atoms with Gasteiger partial charge in [-0.25, -0.2) is 0 Å². The molecule has 17 heavy (non-hydrogen) atoms. The third-order valence-corrected chi connectivity index (χ3v) is 3.86. The highest BCUT2D eigenvalue weighted by Gasteiger charge is 2.21. The van der Waals surface area contributed by atoms with Crippen LogP contribution in [-0.2, 0) is 0 Å². The van der Waals surface area contributed by atoms with Gasteiger partial charge in [0.2, 0.25) is 0 Å². The zero-order valence-electron chi connectivity index (χ0n) is 12.3. The molecule has 2 atom stereocenters. The number of hydrogen-bond acceptors (Lipinski definition) is 2. The van der Waals surface area contributed by atoms with Crippen LogP contribution in [0, 0.1) is 17.3 Å². The van der Waals surface area contributed by atoms with E-state index in [1.165, 1.54) is 45.3 Å². The molecule has 0 aromatic rings. The number of nitrogens with two attached hydrogens (primary N) is 1. The Morgan fingerprint density at radius 1 is 1.24 bits per heavy atom. The predicted molar refractivity (Wildman–Crippen MR) is 76.1 cm³/mol. The van der Waals surface area contributed by atoms with Crippen LogP contribution < -0.4 is 5.73 Å². The molecule has 1 saturated heterocycles. The number of hydrogen-bond donors (Lipinski definition) is 1. The van der Waals surface area contributed by atoms with E-state index in [-0.39, 0.29) is 0 Å². The van der Waals surface area contributed by atoms with Gasteiger partial charge in [0, 0.05) is 6.54 Å². The normalized spacial score (nSPS) is 25.6. The van der Waals surface area contributed by atoms with E-state index in [0.29, 0.717) is 11.3 Å². The third-order valence-electron chi connectivity index (χ3n) is 3.86. The minimum Gasteiger partial charge on any atom is -0.330 e. The molecule has 2 unspecified atom stereocenters. The Kier molecular flexibility index (Phi) is 5.94. The van der Waals surface area contributed by atoms with Gasteiger partial charge in [-0.1, -0.05) is 27.7 Å². The van der Waals surface area contributed by atoms with Crippen molar-refractivity contribution >= 4 is 0 Å². The summed E-state index contributed by atoms with van der Waals surface area (Å²) in [6, 6.07) is 0. The van der Waals surface area contributed by atoms with Crippen molar-refractivity contribution in [1.82, 2.24) is 4.90 Å². The van der Waals surface area contributed by atoms with Crippen LogP contribution in [0.5, 0.6) is 0 Å². The summed E-state index contributed by atoms with van der Waals surface area (Å²) in [6.45, 7) is 14.0. The first kappa shape index (κ1) is 15.0. The second-order valence-corrected chi connectivity index (χ2v) is 7.20. The van der Waals surface area contributed by atoms with Gasteiger partial charge in [-0.3, -0.25) is 0 Å². The summed E-state index contributed by atoms with van der Waals surface area (Å²) in [7, 11) is 0. The number of nitrogens with zero attached hydrogens (tertiary/aromatic N) is 1. The highest BCUT2D eigenvalue weighted by atomic mass is 15.1. The van der Waals surface area contributed by atoms with Gasteiger partial charge in [-0.05, 0) is 62.6 Å². The number of rotatable bonds is 4. The van der Waals surface area contributed by atoms with Gasteiger partial charge in [-0.15, -0.1) is 0 Å². The monoisotopic (exact) mass is 240 g/mol. The minimum atomic E-state index is 0.406. The molecular weight excluding hydrogens is 208 g/mol. The maximum atomic E-state index is 5.94. The molecule has 0 saturated carbocycles. The molecule has 0 aromatic heterocycles. The first-order valence-electron chi connectivity index (χ1n) is 7.33. The summed E-state index contributed by atoms with van der Waals surface area (Å²) >= 11 is 0. The van der Waals surface area contributed by atoms with E-state index in [2.05, 4.69) is 32.6 Å². The van der Waals surface area contributed by atoms with Crippen LogP contribution in [0.3, 0.4) is 0 Å². The van der Waals surface area contributed by atoms with Crippen molar-refractivity contribution in [2.45, 2.75) is 53.4 Å². The van der Waals surface area contributed by atoms with Gasteiger partial charge in [0.1, 0.15) is 0 Å². The van der Waals surface area contributed by atoms with Crippen LogP contribution in [0.15, 0.2) is 0 Å². The van der Waals surface area contributed by atoms with E-state index in [0.717, 1.165) is 12.5 Å². The molecular formula is C15H32N2. The highest BCUT2D eigenvalue weighted by molar-refractivity contribution is 4.75. The van der Waals surface area contributed by atoms with Crippen molar-refractivity contribution in [3.63, 3.8) is 0 Å². The van der Waals surface area contributed by atoms with Gasteiger partial charge in [0.05, 0.1) is 0 Å². The highest BCUT2D eigenvalue weighted by Crippen LogP contribution is 2.25. The van der Waals surface area contributed by atoms with Crippen LogP contribution >= 0.6 is 0 Å². The Morgan fingerprint density at radius 3 is 2.53 bits per heavy atom. The van der Waals surface area contributed by atoms with Gasteiger partial charge in [0.25, 0.3) is 0 Å². The Labute approximate surface area is 108 Å². The molecule has 2 heteroatoms. The predicted octanol–water partition coefficient (Wildman–Crippen LogP) is 3.12. The van der Waals surface area contributed by atoms with Crippen LogP contribution in [0.1, 0.15) is 53.4 Å². The standard InChI is InChI=1S/C15H32N2/c1-13-6-5-8-17(9-7-13)12-14(11-16)10-15(2,3)4/h13-14H,5-12,16H2,1-4H3. The molecule has 0 bridgehead atoms. The lowest BCUT2D eigenvalue weighted by Crippen LogP contribution is -2.35. The fourth-order valence-corrected chi connectivity index (χ4v) is 2.96. The molecule has 1 aliphatic heterocycles.